The van der Waals surface area contributed by atoms with Gasteiger partial charge in [-0.05, 0) is 24.6 Å². The molecular weight excluding hydrogens is 416 g/mol. The van der Waals surface area contributed by atoms with Crippen LogP contribution in [0.15, 0.2) is 58.4 Å². The fourth-order valence-corrected chi connectivity index (χ4v) is 3.07. The number of hydrogen-bond donors (Lipinski definition) is 2. The van der Waals surface area contributed by atoms with Crippen LogP contribution in [-0.2, 0) is 14.1 Å². The average molecular weight is 438 g/mol. The van der Waals surface area contributed by atoms with E-state index in [1.54, 1.807) is 19.2 Å². The third-order valence-electron chi connectivity index (χ3n) is 4.88. The summed E-state index contributed by atoms with van der Waals surface area (Å²) in [5.41, 5.74) is -0.0550. The number of benzene rings is 1. The SMILES string of the molecule is Cn1c(NCCCNc2ccc([N+](=O)[O-])cc2C(=O)c2cccnc2)cc(=O)n(C)c1=O. The van der Waals surface area contributed by atoms with E-state index in [-0.39, 0.29) is 17.0 Å². The maximum atomic E-state index is 12.9. The Hall–Kier alpha value is -4.28. The Kier molecular flexibility index (Phi) is 6.78. The number of pyridine rings is 1. The van der Waals surface area contributed by atoms with Crippen molar-refractivity contribution < 1.29 is 9.72 Å². The first-order valence-electron chi connectivity index (χ1n) is 9.77. The highest BCUT2D eigenvalue weighted by Gasteiger charge is 2.18. The van der Waals surface area contributed by atoms with Crippen LogP contribution in [0.25, 0.3) is 0 Å². The molecular formula is C21H22N6O5. The molecule has 32 heavy (non-hydrogen) atoms. The zero-order valence-corrected chi connectivity index (χ0v) is 17.6. The molecule has 2 N–H and O–H groups in total. The number of nitrogens with one attached hydrogen (secondary N) is 2. The van der Waals surface area contributed by atoms with Crippen LogP contribution >= 0.6 is 0 Å². The number of aromatic nitrogens is 3. The fraction of sp³-hybridized carbons (Fsp3) is 0.238. The van der Waals surface area contributed by atoms with Crippen molar-refractivity contribution in [3.8, 4) is 0 Å². The Morgan fingerprint density at radius 2 is 1.84 bits per heavy atom. The van der Waals surface area contributed by atoms with E-state index in [4.69, 9.17) is 0 Å². The Bertz CT molecular complexity index is 1270. The number of ketones is 1. The van der Waals surface area contributed by atoms with Gasteiger partial charge in [-0.3, -0.25) is 33.8 Å². The molecule has 0 saturated carbocycles. The van der Waals surface area contributed by atoms with E-state index in [0.29, 0.717) is 36.6 Å². The molecule has 0 radical (unpaired) electrons. The molecule has 0 atom stereocenters. The second-order valence-electron chi connectivity index (χ2n) is 7.03. The van der Waals surface area contributed by atoms with Gasteiger partial charge in [0.2, 0.25) is 0 Å². The van der Waals surface area contributed by atoms with Crippen LogP contribution in [-0.4, -0.2) is 37.9 Å². The molecule has 11 nitrogen and oxygen atoms in total. The summed E-state index contributed by atoms with van der Waals surface area (Å²) in [5.74, 6) is 0.0263. The van der Waals surface area contributed by atoms with Gasteiger partial charge in [-0.15, -0.1) is 0 Å². The molecule has 2 aromatic heterocycles. The molecule has 0 aliphatic carbocycles. The number of anilines is 2. The zero-order valence-electron chi connectivity index (χ0n) is 17.6. The summed E-state index contributed by atoms with van der Waals surface area (Å²) in [7, 11) is 2.97. The monoisotopic (exact) mass is 438 g/mol. The van der Waals surface area contributed by atoms with Gasteiger partial charge in [0.15, 0.2) is 5.78 Å². The number of nitro groups is 1. The van der Waals surface area contributed by atoms with Crippen molar-refractivity contribution in [2.75, 3.05) is 23.7 Å². The van der Waals surface area contributed by atoms with E-state index in [2.05, 4.69) is 15.6 Å². The topological polar surface area (TPSA) is 141 Å². The van der Waals surface area contributed by atoms with Crippen LogP contribution in [0.3, 0.4) is 0 Å². The van der Waals surface area contributed by atoms with Crippen molar-refractivity contribution in [1.29, 1.82) is 0 Å². The van der Waals surface area contributed by atoms with E-state index in [1.165, 1.54) is 48.3 Å². The van der Waals surface area contributed by atoms with Crippen molar-refractivity contribution >= 4 is 23.0 Å². The predicted molar refractivity (Wildman–Crippen MR) is 119 cm³/mol. The van der Waals surface area contributed by atoms with Crippen molar-refractivity contribution in [3.05, 3.63) is 90.9 Å². The number of rotatable bonds is 9. The molecule has 0 aliphatic heterocycles. The Balaban J connectivity index is 1.69. The second kappa shape index (κ2) is 9.69. The van der Waals surface area contributed by atoms with Crippen LogP contribution in [0.1, 0.15) is 22.3 Å². The lowest BCUT2D eigenvalue weighted by Crippen LogP contribution is -2.37. The summed E-state index contributed by atoms with van der Waals surface area (Å²) >= 11 is 0. The number of nitro benzene ring substituents is 1. The standard InChI is InChI=1S/C21H22N6O5/c1-25-18(12-19(28)26(2)21(25)30)24-10-4-9-23-17-7-6-15(27(31)32)11-16(17)20(29)14-5-3-8-22-13-14/h3,5-8,11-13,23-24H,4,9-10H2,1-2H3. The van der Waals surface area contributed by atoms with Crippen LogP contribution < -0.4 is 21.9 Å². The first kappa shape index (κ1) is 22.4. The van der Waals surface area contributed by atoms with Crippen molar-refractivity contribution in [2.45, 2.75) is 6.42 Å². The van der Waals surface area contributed by atoms with Gasteiger partial charge in [-0.2, -0.15) is 0 Å². The fourth-order valence-electron chi connectivity index (χ4n) is 3.07. The van der Waals surface area contributed by atoms with Gasteiger partial charge in [-0.1, -0.05) is 0 Å². The minimum absolute atomic E-state index is 0.175. The lowest BCUT2D eigenvalue weighted by atomic mass is 10.0. The van der Waals surface area contributed by atoms with Crippen molar-refractivity contribution in [1.82, 2.24) is 14.1 Å². The molecule has 11 heteroatoms. The smallest absolute Gasteiger partial charge is 0.332 e. The molecule has 2 heterocycles. The highest BCUT2D eigenvalue weighted by molar-refractivity contribution is 6.12. The summed E-state index contributed by atoms with van der Waals surface area (Å²) in [4.78, 5) is 51.2. The normalized spacial score (nSPS) is 10.6. The quantitative estimate of drug-likeness (QED) is 0.222. The Morgan fingerprint density at radius 3 is 2.53 bits per heavy atom. The van der Waals surface area contributed by atoms with Crippen molar-refractivity contribution in [3.63, 3.8) is 0 Å². The maximum absolute atomic E-state index is 12.9. The average Bonchev–Trinajstić information content (AvgIpc) is 2.80. The third-order valence-corrected chi connectivity index (χ3v) is 4.88. The molecule has 1 aromatic carbocycles. The van der Waals surface area contributed by atoms with Crippen LogP contribution in [0.2, 0.25) is 0 Å². The van der Waals surface area contributed by atoms with Gasteiger partial charge in [-0.25, -0.2) is 4.79 Å². The third kappa shape index (κ3) is 4.89. The lowest BCUT2D eigenvalue weighted by Gasteiger charge is -2.13. The molecule has 0 unspecified atom stereocenters. The molecule has 0 saturated heterocycles. The number of hydrogen-bond acceptors (Lipinski definition) is 8. The molecule has 3 aromatic rings. The largest absolute Gasteiger partial charge is 0.384 e. The van der Waals surface area contributed by atoms with E-state index < -0.39 is 16.2 Å². The molecule has 166 valence electrons. The molecule has 0 fully saturated rings. The van der Waals surface area contributed by atoms with Gasteiger partial charge < -0.3 is 10.6 Å². The Labute approximate surface area is 182 Å². The van der Waals surface area contributed by atoms with Crippen LogP contribution in [0.5, 0.6) is 0 Å². The van der Waals surface area contributed by atoms with Gasteiger partial charge in [0.1, 0.15) is 5.82 Å². The van der Waals surface area contributed by atoms with E-state index in [9.17, 15) is 24.5 Å². The van der Waals surface area contributed by atoms with E-state index in [0.717, 1.165) is 4.57 Å². The van der Waals surface area contributed by atoms with E-state index in [1.807, 2.05) is 0 Å². The van der Waals surface area contributed by atoms with Gasteiger partial charge in [0, 0.05) is 69.0 Å². The van der Waals surface area contributed by atoms with Crippen LogP contribution in [0, 0.1) is 10.1 Å². The zero-order chi connectivity index (χ0) is 23.3. The molecule has 0 amide bonds. The molecule has 3 rings (SSSR count). The van der Waals surface area contributed by atoms with Gasteiger partial charge in [0.05, 0.1) is 10.5 Å². The lowest BCUT2D eigenvalue weighted by molar-refractivity contribution is -0.384. The minimum atomic E-state index is -0.553. The van der Waals surface area contributed by atoms with Crippen LogP contribution in [0.4, 0.5) is 17.2 Å². The molecule has 0 bridgehead atoms. The molecule has 0 aliphatic rings. The predicted octanol–water partition coefficient (Wildman–Crippen LogP) is 1.53. The number of nitrogens with zero attached hydrogens (tertiary/aromatic N) is 4. The highest BCUT2D eigenvalue weighted by atomic mass is 16.6. The first-order chi connectivity index (χ1) is 15.3. The summed E-state index contributed by atoms with van der Waals surface area (Å²) in [6, 6.07) is 8.63. The summed E-state index contributed by atoms with van der Waals surface area (Å²) in [6.07, 6.45) is 3.53. The second-order valence-corrected chi connectivity index (χ2v) is 7.03. The number of non-ortho nitro benzene ring substituents is 1. The Morgan fingerprint density at radius 1 is 1.09 bits per heavy atom. The van der Waals surface area contributed by atoms with E-state index >= 15 is 0 Å². The van der Waals surface area contributed by atoms with Gasteiger partial charge in [0.25, 0.3) is 11.2 Å². The summed E-state index contributed by atoms with van der Waals surface area (Å²) in [6.45, 7) is 0.892. The first-order valence-corrected chi connectivity index (χ1v) is 9.77. The minimum Gasteiger partial charge on any atom is -0.384 e. The number of carbonyl (C=O) groups excluding carboxylic acids is 1. The van der Waals surface area contributed by atoms with Gasteiger partial charge >= 0.3 is 5.69 Å². The maximum Gasteiger partial charge on any atom is 0.332 e. The highest BCUT2D eigenvalue weighted by Crippen LogP contribution is 2.24. The van der Waals surface area contributed by atoms with Crippen molar-refractivity contribution in [2.24, 2.45) is 14.1 Å². The summed E-state index contributed by atoms with van der Waals surface area (Å²) in [5, 5.41) is 17.3. The molecule has 0 spiro atoms. The summed E-state index contributed by atoms with van der Waals surface area (Å²) < 4.78 is 2.36. The number of carbonyl (C=O) groups is 1.